The monoisotopic (exact) mass is 289 g/mol. The summed E-state index contributed by atoms with van der Waals surface area (Å²) in [5, 5.41) is 0. The first-order chi connectivity index (χ1) is 8.04. The van der Waals surface area contributed by atoms with Crippen LogP contribution in [0.15, 0.2) is 23.1 Å². The molecule has 0 spiro atoms. The van der Waals surface area contributed by atoms with Crippen molar-refractivity contribution in [1.82, 2.24) is 0 Å². The normalized spacial score (nSPS) is 13.0. The van der Waals surface area contributed by atoms with Crippen LogP contribution in [-0.4, -0.2) is 20.6 Å². The highest BCUT2D eigenvalue weighted by Gasteiger charge is 2.32. The minimum Gasteiger partial charge on any atom is -0.398 e. The van der Waals surface area contributed by atoms with Crippen molar-refractivity contribution in [1.29, 1.82) is 0 Å². The van der Waals surface area contributed by atoms with E-state index in [4.69, 9.17) is 5.73 Å². The molecule has 0 unspecified atom stereocenters. The Hall–Kier alpha value is -1.38. The van der Waals surface area contributed by atoms with Crippen LogP contribution in [0.2, 0.25) is 0 Å². The fourth-order valence-corrected chi connectivity index (χ4v) is 2.47. The van der Waals surface area contributed by atoms with Gasteiger partial charge in [0.15, 0.2) is 9.84 Å². The summed E-state index contributed by atoms with van der Waals surface area (Å²) in [6.07, 6.45) is -7.81. The molecule has 0 bridgehead atoms. The standard InChI is InChI=1S/C9H8F5NO2S/c10-8(11)4-18(16,17)7-2-1-5(3-6(7)15)9(12,13)14/h1-3,8H,4,15H2. The number of sulfone groups is 1. The number of hydrogen-bond acceptors (Lipinski definition) is 3. The van der Waals surface area contributed by atoms with Gasteiger partial charge in [-0.25, -0.2) is 17.2 Å². The van der Waals surface area contributed by atoms with Crippen molar-refractivity contribution in [2.45, 2.75) is 17.5 Å². The topological polar surface area (TPSA) is 60.2 Å². The van der Waals surface area contributed by atoms with E-state index in [0.717, 1.165) is 0 Å². The van der Waals surface area contributed by atoms with Crippen molar-refractivity contribution in [2.24, 2.45) is 0 Å². The van der Waals surface area contributed by atoms with Gasteiger partial charge in [0.05, 0.1) is 16.1 Å². The number of nitrogens with two attached hydrogens (primary N) is 1. The Morgan fingerprint density at radius 1 is 1.22 bits per heavy atom. The third-order valence-corrected chi connectivity index (χ3v) is 3.75. The Kier molecular flexibility index (Phi) is 3.84. The van der Waals surface area contributed by atoms with Crippen LogP contribution in [0.1, 0.15) is 5.56 Å². The van der Waals surface area contributed by atoms with Gasteiger partial charge in [-0.1, -0.05) is 0 Å². The Bertz CT molecular complexity index is 538. The molecule has 0 aliphatic heterocycles. The number of rotatable bonds is 3. The lowest BCUT2D eigenvalue weighted by molar-refractivity contribution is -0.137. The highest BCUT2D eigenvalue weighted by Crippen LogP contribution is 2.32. The van der Waals surface area contributed by atoms with E-state index < -0.39 is 44.3 Å². The Labute approximate surface area is 99.3 Å². The van der Waals surface area contributed by atoms with Crippen molar-refractivity contribution in [3.63, 3.8) is 0 Å². The largest absolute Gasteiger partial charge is 0.416 e. The predicted octanol–water partition coefficient (Wildman–Crippen LogP) is 2.33. The van der Waals surface area contributed by atoms with Gasteiger partial charge in [-0.05, 0) is 18.2 Å². The molecule has 1 aromatic rings. The van der Waals surface area contributed by atoms with Crippen molar-refractivity contribution in [3.05, 3.63) is 23.8 Å². The van der Waals surface area contributed by atoms with E-state index in [0.29, 0.717) is 18.2 Å². The minimum atomic E-state index is -4.68. The number of nitrogen functional groups attached to an aromatic ring is 1. The van der Waals surface area contributed by atoms with E-state index in [1.165, 1.54) is 0 Å². The molecule has 0 radical (unpaired) electrons. The summed E-state index contributed by atoms with van der Waals surface area (Å²) in [6.45, 7) is 0. The number of halogens is 5. The third kappa shape index (κ3) is 3.31. The lowest BCUT2D eigenvalue weighted by atomic mass is 10.2. The van der Waals surface area contributed by atoms with E-state index in [9.17, 15) is 30.4 Å². The molecule has 18 heavy (non-hydrogen) atoms. The van der Waals surface area contributed by atoms with Crippen LogP contribution in [0.3, 0.4) is 0 Å². The summed E-state index contributed by atoms with van der Waals surface area (Å²) in [5.41, 5.74) is 3.31. The molecule has 0 fully saturated rings. The number of hydrogen-bond donors (Lipinski definition) is 1. The van der Waals surface area contributed by atoms with Crippen molar-refractivity contribution >= 4 is 15.5 Å². The van der Waals surface area contributed by atoms with E-state index in [-0.39, 0.29) is 0 Å². The predicted molar refractivity (Wildman–Crippen MR) is 53.9 cm³/mol. The smallest absolute Gasteiger partial charge is 0.398 e. The van der Waals surface area contributed by atoms with Gasteiger partial charge in [-0.3, -0.25) is 0 Å². The van der Waals surface area contributed by atoms with Crippen molar-refractivity contribution < 1.29 is 30.4 Å². The van der Waals surface area contributed by atoms with Gasteiger partial charge in [0, 0.05) is 0 Å². The second-order valence-corrected chi connectivity index (χ2v) is 5.43. The second-order valence-electron chi connectivity index (χ2n) is 3.42. The van der Waals surface area contributed by atoms with Gasteiger partial charge in [0.1, 0.15) is 5.75 Å². The van der Waals surface area contributed by atoms with Gasteiger partial charge in [-0.2, -0.15) is 13.2 Å². The zero-order valence-electron chi connectivity index (χ0n) is 8.71. The Morgan fingerprint density at radius 2 is 1.78 bits per heavy atom. The molecule has 0 heterocycles. The summed E-state index contributed by atoms with van der Waals surface area (Å²) < 4.78 is 83.6. The Morgan fingerprint density at radius 3 is 2.17 bits per heavy atom. The maximum atomic E-state index is 12.3. The molecule has 3 nitrogen and oxygen atoms in total. The van der Waals surface area contributed by atoms with Gasteiger partial charge in [-0.15, -0.1) is 0 Å². The SMILES string of the molecule is Nc1cc(C(F)(F)F)ccc1S(=O)(=O)CC(F)F. The number of benzene rings is 1. The molecule has 0 atom stereocenters. The lowest BCUT2D eigenvalue weighted by Crippen LogP contribution is -2.16. The minimum absolute atomic E-state index is 0.401. The maximum Gasteiger partial charge on any atom is 0.416 e. The summed E-state index contributed by atoms with van der Waals surface area (Å²) in [5.74, 6) is -1.48. The van der Waals surface area contributed by atoms with E-state index in [2.05, 4.69) is 0 Å². The number of anilines is 1. The van der Waals surface area contributed by atoms with Crippen molar-refractivity contribution in [2.75, 3.05) is 11.5 Å². The van der Waals surface area contributed by atoms with Crippen LogP contribution in [-0.2, 0) is 16.0 Å². The molecular weight excluding hydrogens is 281 g/mol. The quantitative estimate of drug-likeness (QED) is 0.686. The van der Waals surface area contributed by atoms with Gasteiger partial charge in [0.25, 0.3) is 6.43 Å². The summed E-state index contributed by atoms with van der Waals surface area (Å²) in [4.78, 5) is -0.726. The fourth-order valence-electron chi connectivity index (χ4n) is 1.26. The summed E-state index contributed by atoms with van der Waals surface area (Å²) >= 11 is 0. The molecule has 0 aromatic heterocycles. The van der Waals surface area contributed by atoms with E-state index in [1.54, 1.807) is 0 Å². The van der Waals surface area contributed by atoms with Crippen LogP contribution in [0.5, 0.6) is 0 Å². The molecule has 0 aliphatic carbocycles. The van der Waals surface area contributed by atoms with Gasteiger partial charge >= 0.3 is 6.18 Å². The molecule has 102 valence electrons. The highest BCUT2D eigenvalue weighted by molar-refractivity contribution is 7.91. The number of alkyl halides is 5. The van der Waals surface area contributed by atoms with Crippen LogP contribution in [0.25, 0.3) is 0 Å². The van der Waals surface area contributed by atoms with Gasteiger partial charge in [0.2, 0.25) is 0 Å². The first-order valence-corrected chi connectivity index (χ1v) is 6.17. The van der Waals surface area contributed by atoms with Crippen LogP contribution in [0.4, 0.5) is 27.6 Å². The molecule has 9 heteroatoms. The average Bonchev–Trinajstić information content (AvgIpc) is 2.13. The molecule has 2 N–H and O–H groups in total. The van der Waals surface area contributed by atoms with E-state index in [1.807, 2.05) is 0 Å². The molecular formula is C9H8F5NO2S. The zero-order valence-corrected chi connectivity index (χ0v) is 9.52. The third-order valence-electron chi connectivity index (χ3n) is 2.02. The summed E-state index contributed by atoms with van der Waals surface area (Å²) in [7, 11) is -4.39. The van der Waals surface area contributed by atoms with Crippen LogP contribution in [0, 0.1) is 0 Å². The zero-order chi connectivity index (χ0) is 14.1. The molecule has 0 aliphatic rings. The lowest BCUT2D eigenvalue weighted by Gasteiger charge is -2.11. The first-order valence-electron chi connectivity index (χ1n) is 4.51. The molecule has 1 rings (SSSR count). The first kappa shape index (κ1) is 14.7. The van der Waals surface area contributed by atoms with Crippen molar-refractivity contribution in [3.8, 4) is 0 Å². The van der Waals surface area contributed by atoms with E-state index >= 15 is 0 Å². The molecule has 0 saturated carbocycles. The molecule has 1 aromatic carbocycles. The second kappa shape index (κ2) is 4.71. The van der Waals surface area contributed by atoms with Gasteiger partial charge < -0.3 is 5.73 Å². The fraction of sp³-hybridized carbons (Fsp3) is 0.333. The van der Waals surface area contributed by atoms with Crippen LogP contribution < -0.4 is 5.73 Å². The molecule has 0 saturated heterocycles. The van der Waals surface area contributed by atoms with Crippen LogP contribution >= 0.6 is 0 Å². The molecule has 0 amide bonds. The Balaban J connectivity index is 3.22. The highest BCUT2D eigenvalue weighted by atomic mass is 32.2. The summed E-state index contributed by atoms with van der Waals surface area (Å²) in [6, 6.07) is 1.46. The maximum absolute atomic E-state index is 12.3. The average molecular weight is 289 g/mol.